The van der Waals surface area contributed by atoms with Crippen LogP contribution in [-0.2, 0) is 0 Å². The second-order valence-corrected chi connectivity index (χ2v) is 23.7. The van der Waals surface area contributed by atoms with E-state index in [0.717, 1.165) is 95.1 Å². The third kappa shape index (κ3) is 9.72. The first-order valence-corrected chi connectivity index (χ1v) is 30.8. The lowest BCUT2D eigenvalue weighted by Gasteiger charge is -2.21. The van der Waals surface area contributed by atoms with E-state index in [9.17, 15) is 0 Å². The maximum Gasteiger partial charge on any atom is 0.164 e. The number of pyridine rings is 1. The molecular formula is C84H60N6. The van der Waals surface area contributed by atoms with E-state index in [-0.39, 0.29) is 0 Å². The molecule has 12 aromatic carbocycles. The topological polar surface area (TPSA) is 61.4 Å². The molecule has 0 aliphatic carbocycles. The van der Waals surface area contributed by atoms with Crippen molar-refractivity contribution in [1.29, 1.82) is 0 Å². The fourth-order valence-corrected chi connectivity index (χ4v) is 13.2. The highest BCUT2D eigenvalue weighted by Gasteiger charge is 2.25. The minimum absolute atomic E-state index is 0.564. The number of aromatic nitrogens is 6. The summed E-state index contributed by atoms with van der Waals surface area (Å²) in [5, 5.41) is 4.97. The smallest absolute Gasteiger partial charge is 0.164 e. The van der Waals surface area contributed by atoms with Crippen molar-refractivity contribution < 1.29 is 0 Å². The van der Waals surface area contributed by atoms with E-state index >= 15 is 0 Å². The van der Waals surface area contributed by atoms with E-state index in [4.69, 9.17) is 19.9 Å². The molecule has 0 fully saturated rings. The van der Waals surface area contributed by atoms with E-state index in [0.29, 0.717) is 17.5 Å². The summed E-state index contributed by atoms with van der Waals surface area (Å²) in [6, 6.07) is 105. The van der Waals surface area contributed by atoms with Crippen molar-refractivity contribution in [2.75, 3.05) is 0 Å². The summed E-state index contributed by atoms with van der Waals surface area (Å²) in [4.78, 5) is 21.9. The average molecular weight is 1150 g/mol. The number of hydrogen-bond acceptors (Lipinski definition) is 4. The molecule has 90 heavy (non-hydrogen) atoms. The van der Waals surface area contributed by atoms with Gasteiger partial charge in [0.25, 0.3) is 0 Å². The standard InChI is InChI=1S/C84H60N6/c1-53-29-41-76-70(45-53)71-46-54(2)30-42-77(71)89(76)66-37-33-59(34-38-66)75-52-74(68-27-17-18-28-69(68)84-87-82(61-23-13-7-14-24-61)86-83(88-84)62-25-15-8-16-26-62)80(65-50-63(57-19-9-5-10-20-57)49-64(51-65)58-21-11-6-12-22-58)81(85-75)60-35-39-67(40-36-60)90-78-43-31-55(3)47-72(78)73-48-56(4)32-44-79(73)90/h5-52H,1-4H3. The van der Waals surface area contributed by atoms with Crippen molar-refractivity contribution in [2.45, 2.75) is 27.7 Å². The average Bonchev–Trinajstić information content (AvgIpc) is 1.55. The second kappa shape index (κ2) is 22.3. The summed E-state index contributed by atoms with van der Waals surface area (Å²) >= 11 is 0. The minimum atomic E-state index is 0.564. The molecule has 0 bridgehead atoms. The maximum absolute atomic E-state index is 5.96. The Kier molecular flexibility index (Phi) is 13.3. The zero-order chi connectivity index (χ0) is 60.4. The van der Waals surface area contributed by atoms with Gasteiger partial charge in [-0.1, -0.05) is 216 Å². The van der Waals surface area contributed by atoms with Gasteiger partial charge in [0.15, 0.2) is 17.5 Å². The van der Waals surface area contributed by atoms with Crippen LogP contribution in [0.5, 0.6) is 0 Å². The summed E-state index contributed by atoms with van der Waals surface area (Å²) in [6.45, 7) is 8.69. The molecule has 0 aliphatic rings. The van der Waals surface area contributed by atoms with Crippen LogP contribution < -0.4 is 0 Å². The summed E-state index contributed by atoms with van der Waals surface area (Å²) in [7, 11) is 0. The van der Waals surface area contributed by atoms with Crippen LogP contribution >= 0.6 is 0 Å². The molecular weight excluding hydrogens is 1090 g/mol. The van der Waals surface area contributed by atoms with Gasteiger partial charge in [-0.15, -0.1) is 0 Å². The molecule has 0 saturated carbocycles. The van der Waals surface area contributed by atoms with Crippen LogP contribution in [0.25, 0.3) is 156 Å². The van der Waals surface area contributed by atoms with Crippen LogP contribution in [-0.4, -0.2) is 29.1 Å². The molecule has 0 radical (unpaired) electrons. The molecule has 0 N–H and O–H groups in total. The molecule has 4 heterocycles. The highest BCUT2D eigenvalue weighted by atomic mass is 15.0. The third-order valence-corrected chi connectivity index (χ3v) is 17.6. The molecule has 0 saturated heterocycles. The number of fused-ring (bicyclic) bond motifs is 6. The first-order valence-electron chi connectivity index (χ1n) is 30.8. The zero-order valence-corrected chi connectivity index (χ0v) is 50.4. The Morgan fingerprint density at radius 2 is 0.589 bits per heavy atom. The third-order valence-electron chi connectivity index (χ3n) is 17.6. The normalized spacial score (nSPS) is 11.6. The summed E-state index contributed by atoms with van der Waals surface area (Å²) in [5.41, 5.74) is 26.4. The minimum Gasteiger partial charge on any atom is -0.309 e. The van der Waals surface area contributed by atoms with Gasteiger partial charge in [0.05, 0.1) is 33.5 Å². The first-order chi connectivity index (χ1) is 44.2. The van der Waals surface area contributed by atoms with Crippen molar-refractivity contribution >= 4 is 43.6 Å². The molecule has 0 atom stereocenters. The van der Waals surface area contributed by atoms with Gasteiger partial charge >= 0.3 is 0 Å². The van der Waals surface area contributed by atoms with Crippen LogP contribution in [0.3, 0.4) is 0 Å². The molecule has 0 spiro atoms. The van der Waals surface area contributed by atoms with E-state index < -0.39 is 0 Å². The Morgan fingerprint density at radius 3 is 1.01 bits per heavy atom. The van der Waals surface area contributed by atoms with Gasteiger partial charge in [0.1, 0.15) is 0 Å². The Labute approximate surface area is 523 Å². The van der Waals surface area contributed by atoms with Gasteiger partial charge in [0, 0.05) is 66.3 Å². The lowest BCUT2D eigenvalue weighted by molar-refractivity contribution is 1.07. The van der Waals surface area contributed by atoms with Crippen molar-refractivity contribution in [1.82, 2.24) is 29.1 Å². The van der Waals surface area contributed by atoms with Crippen molar-refractivity contribution in [3.05, 3.63) is 313 Å². The maximum atomic E-state index is 5.96. The van der Waals surface area contributed by atoms with Crippen molar-refractivity contribution in [3.63, 3.8) is 0 Å². The molecule has 6 heteroatoms. The number of hydrogen-bond donors (Lipinski definition) is 0. The van der Waals surface area contributed by atoms with Gasteiger partial charge in [0.2, 0.25) is 0 Å². The number of nitrogens with zero attached hydrogens (tertiary/aromatic N) is 6. The SMILES string of the molecule is Cc1ccc2c(c1)c1cc(C)ccc1n2-c1ccc(-c2cc(-c3ccccc3-c3nc(-c4ccccc4)nc(-c4ccccc4)n3)c(-c3cc(-c4ccccc4)cc(-c4ccccc4)c3)c(-c3ccc(-n4c5ccc(C)cc5c5cc(C)ccc54)cc3)n2)cc1. The van der Waals surface area contributed by atoms with Crippen LogP contribution in [0.2, 0.25) is 0 Å². The molecule has 16 aromatic rings. The monoisotopic (exact) mass is 1150 g/mol. The van der Waals surface area contributed by atoms with Gasteiger partial charge < -0.3 is 9.13 Å². The second-order valence-electron chi connectivity index (χ2n) is 23.7. The van der Waals surface area contributed by atoms with Gasteiger partial charge in [-0.25, -0.2) is 19.9 Å². The first kappa shape index (κ1) is 53.8. The van der Waals surface area contributed by atoms with E-state index in [1.165, 1.54) is 65.9 Å². The molecule has 0 unspecified atom stereocenters. The fraction of sp³-hybridized carbons (Fsp3) is 0.0476. The van der Waals surface area contributed by atoms with E-state index in [1.54, 1.807) is 0 Å². The number of rotatable bonds is 11. The number of aryl methyl sites for hydroxylation is 4. The Hall–Kier alpha value is -11.6. The molecule has 16 rings (SSSR count). The molecule has 0 amide bonds. The lowest BCUT2D eigenvalue weighted by atomic mass is 9.85. The molecule has 0 aliphatic heterocycles. The molecule has 6 nitrogen and oxygen atoms in total. The molecule has 426 valence electrons. The van der Waals surface area contributed by atoms with Gasteiger partial charge in [-0.05, 0) is 164 Å². The number of benzene rings is 12. The van der Waals surface area contributed by atoms with Crippen LogP contribution in [0, 0.1) is 27.7 Å². The zero-order valence-electron chi connectivity index (χ0n) is 50.4. The van der Waals surface area contributed by atoms with E-state index in [2.05, 4.69) is 292 Å². The summed E-state index contributed by atoms with van der Waals surface area (Å²) in [6.07, 6.45) is 0. The predicted molar refractivity (Wildman–Crippen MR) is 374 cm³/mol. The van der Waals surface area contributed by atoms with Gasteiger partial charge in [-0.3, -0.25) is 0 Å². The van der Waals surface area contributed by atoms with Crippen LogP contribution in [0.1, 0.15) is 22.3 Å². The fourth-order valence-electron chi connectivity index (χ4n) is 13.2. The van der Waals surface area contributed by atoms with Gasteiger partial charge in [-0.2, -0.15) is 0 Å². The summed E-state index contributed by atoms with van der Waals surface area (Å²) in [5.74, 6) is 1.75. The Bertz CT molecular complexity index is 5180. The quantitative estimate of drug-likeness (QED) is 0.129. The van der Waals surface area contributed by atoms with E-state index in [1.807, 2.05) is 36.4 Å². The lowest BCUT2D eigenvalue weighted by Crippen LogP contribution is -2.02. The van der Waals surface area contributed by atoms with Crippen LogP contribution in [0.15, 0.2) is 291 Å². The Balaban J connectivity index is 0.978. The van der Waals surface area contributed by atoms with Crippen LogP contribution in [0.4, 0.5) is 0 Å². The Morgan fingerprint density at radius 1 is 0.233 bits per heavy atom. The predicted octanol–water partition coefficient (Wildman–Crippen LogP) is 21.7. The van der Waals surface area contributed by atoms with Crippen molar-refractivity contribution in [2.24, 2.45) is 0 Å². The molecule has 4 aromatic heterocycles. The van der Waals surface area contributed by atoms with Crippen molar-refractivity contribution in [3.8, 4) is 113 Å². The highest BCUT2D eigenvalue weighted by molar-refractivity contribution is 6.11. The summed E-state index contributed by atoms with van der Waals surface area (Å²) < 4.78 is 4.79. The highest BCUT2D eigenvalue weighted by Crippen LogP contribution is 2.47. The largest absolute Gasteiger partial charge is 0.309 e.